The van der Waals surface area contributed by atoms with E-state index in [2.05, 4.69) is 12.2 Å². The van der Waals surface area contributed by atoms with Crippen LogP contribution in [0, 0.1) is 5.92 Å². The Balaban J connectivity index is 3.65. The summed E-state index contributed by atoms with van der Waals surface area (Å²) in [6.45, 7) is 2.10. The Morgan fingerprint density at radius 1 is 1.17 bits per heavy atom. The first-order valence-corrected chi connectivity index (χ1v) is 6.50. The van der Waals surface area contributed by atoms with Gasteiger partial charge in [0.15, 0.2) is 0 Å². The molecule has 0 amide bonds. The van der Waals surface area contributed by atoms with Crippen molar-refractivity contribution >= 4 is 0 Å². The normalized spacial score (nSPS) is 14.2. The van der Waals surface area contributed by atoms with E-state index in [-0.39, 0.29) is 0 Å². The second kappa shape index (κ2) is 9.55. The molecule has 1 unspecified atom stereocenters. The lowest BCUT2D eigenvalue weighted by molar-refractivity contribution is -0.125. The predicted octanol–water partition coefficient (Wildman–Crippen LogP) is 3.02. The third kappa shape index (κ3) is 7.87. The van der Waals surface area contributed by atoms with E-state index >= 15 is 0 Å². The molecule has 3 N–H and O–H groups in total. The number of nitrogens with two attached hydrogens (primary N) is 1. The summed E-state index contributed by atoms with van der Waals surface area (Å²) in [5.74, 6) is -3.42. The van der Waals surface area contributed by atoms with Crippen molar-refractivity contribution in [3.8, 4) is 0 Å². The summed E-state index contributed by atoms with van der Waals surface area (Å²) < 4.78 is 48.8. The van der Waals surface area contributed by atoms with Gasteiger partial charge in [0.25, 0.3) is 0 Å². The molecule has 0 fully saturated rings. The van der Waals surface area contributed by atoms with Gasteiger partial charge in [0.2, 0.25) is 0 Å². The maximum atomic E-state index is 12.5. The molecule has 0 spiro atoms. The Hall–Kier alpha value is -0.360. The smallest absolute Gasteiger partial charge is 0.319 e. The Bertz CT molecular complexity index is 195. The van der Waals surface area contributed by atoms with Crippen LogP contribution >= 0.6 is 0 Å². The van der Waals surface area contributed by atoms with Gasteiger partial charge in [-0.3, -0.25) is 0 Å². The molecule has 0 radical (unpaired) electrons. The molecule has 0 aliphatic rings. The summed E-state index contributed by atoms with van der Waals surface area (Å²) in [5, 5.41) is 2.39. The zero-order valence-corrected chi connectivity index (χ0v) is 10.9. The second-order valence-corrected chi connectivity index (χ2v) is 4.61. The van der Waals surface area contributed by atoms with Gasteiger partial charge in [-0.2, -0.15) is 8.78 Å². The van der Waals surface area contributed by atoms with Crippen molar-refractivity contribution in [2.45, 2.75) is 51.4 Å². The summed E-state index contributed by atoms with van der Waals surface area (Å²) in [6, 6.07) is 0. The van der Waals surface area contributed by atoms with Crippen LogP contribution in [0.25, 0.3) is 0 Å². The van der Waals surface area contributed by atoms with E-state index in [1.807, 2.05) is 0 Å². The molecule has 0 aliphatic heterocycles. The first kappa shape index (κ1) is 17.6. The average molecular weight is 272 g/mol. The molecule has 0 aliphatic carbocycles. The van der Waals surface area contributed by atoms with Gasteiger partial charge in [-0.05, 0) is 38.3 Å². The molecule has 18 heavy (non-hydrogen) atoms. The number of alkyl halides is 4. The van der Waals surface area contributed by atoms with Crippen molar-refractivity contribution in [3.05, 3.63) is 0 Å². The lowest BCUT2D eigenvalue weighted by Gasteiger charge is -2.17. The van der Waals surface area contributed by atoms with E-state index < -0.39 is 18.9 Å². The number of nitrogens with one attached hydrogen (secondary N) is 1. The molecule has 110 valence electrons. The molecule has 1 atom stereocenters. The Kier molecular flexibility index (Phi) is 9.36. The fourth-order valence-electron chi connectivity index (χ4n) is 1.92. The fourth-order valence-corrected chi connectivity index (χ4v) is 1.92. The maximum Gasteiger partial charge on any atom is 0.319 e. The van der Waals surface area contributed by atoms with Crippen LogP contribution in [0.1, 0.15) is 39.0 Å². The van der Waals surface area contributed by atoms with Crippen LogP contribution in [0.5, 0.6) is 0 Å². The number of rotatable bonds is 11. The first-order chi connectivity index (χ1) is 8.44. The molecule has 0 aromatic heterocycles. The molecular weight excluding hydrogens is 248 g/mol. The molecule has 0 saturated carbocycles. The van der Waals surface area contributed by atoms with Crippen LogP contribution in [0.4, 0.5) is 17.6 Å². The first-order valence-electron chi connectivity index (χ1n) is 6.50. The zero-order valence-electron chi connectivity index (χ0n) is 10.9. The largest absolute Gasteiger partial charge is 0.330 e. The molecule has 0 bridgehead atoms. The minimum atomic E-state index is -3.93. The highest BCUT2D eigenvalue weighted by Crippen LogP contribution is 2.21. The minimum Gasteiger partial charge on any atom is -0.330 e. The van der Waals surface area contributed by atoms with Gasteiger partial charge in [0.05, 0.1) is 6.54 Å². The van der Waals surface area contributed by atoms with Crippen molar-refractivity contribution in [1.82, 2.24) is 5.32 Å². The highest BCUT2D eigenvalue weighted by Gasteiger charge is 2.39. The second-order valence-electron chi connectivity index (χ2n) is 4.61. The SMILES string of the molecule is CCCC(CCN)CCCNCC(F)(F)C(F)F. The standard InChI is InChI=1S/C12H24F4N2/c1-2-4-10(6-7-17)5-3-8-18-9-12(15,16)11(13)14/h10-11,18H,2-9,17H2,1H3. The highest BCUT2D eigenvalue weighted by atomic mass is 19.3. The van der Waals surface area contributed by atoms with E-state index in [9.17, 15) is 17.6 Å². The Labute approximate surface area is 106 Å². The Morgan fingerprint density at radius 2 is 1.83 bits per heavy atom. The highest BCUT2D eigenvalue weighted by molar-refractivity contribution is 4.72. The lowest BCUT2D eigenvalue weighted by Crippen LogP contribution is -2.39. The summed E-state index contributed by atoms with van der Waals surface area (Å²) in [7, 11) is 0. The fraction of sp³-hybridized carbons (Fsp3) is 1.00. The van der Waals surface area contributed by atoms with E-state index in [1.165, 1.54) is 0 Å². The monoisotopic (exact) mass is 272 g/mol. The van der Waals surface area contributed by atoms with E-state index in [0.717, 1.165) is 25.7 Å². The quantitative estimate of drug-likeness (QED) is 0.448. The summed E-state index contributed by atoms with van der Waals surface area (Å²) in [4.78, 5) is 0. The molecule has 2 nitrogen and oxygen atoms in total. The van der Waals surface area contributed by atoms with Crippen molar-refractivity contribution in [2.75, 3.05) is 19.6 Å². The van der Waals surface area contributed by atoms with Gasteiger partial charge in [-0.25, -0.2) is 8.78 Å². The summed E-state index contributed by atoms with van der Waals surface area (Å²) >= 11 is 0. The van der Waals surface area contributed by atoms with Gasteiger partial charge in [-0.1, -0.05) is 19.8 Å². The molecule has 6 heteroatoms. The average Bonchev–Trinajstić information content (AvgIpc) is 2.28. The maximum absolute atomic E-state index is 12.5. The van der Waals surface area contributed by atoms with Crippen LogP contribution < -0.4 is 11.1 Å². The molecule has 0 rings (SSSR count). The van der Waals surface area contributed by atoms with Gasteiger partial charge in [0, 0.05) is 0 Å². The van der Waals surface area contributed by atoms with Crippen molar-refractivity contribution in [3.63, 3.8) is 0 Å². The van der Waals surface area contributed by atoms with Crippen LogP contribution in [0.15, 0.2) is 0 Å². The zero-order chi connectivity index (χ0) is 14.0. The number of hydrogen-bond donors (Lipinski definition) is 2. The molecule has 0 saturated heterocycles. The minimum absolute atomic E-state index is 0.340. The van der Waals surface area contributed by atoms with Crippen molar-refractivity contribution < 1.29 is 17.6 Å². The third-order valence-corrected chi connectivity index (χ3v) is 2.92. The van der Waals surface area contributed by atoms with E-state index in [1.54, 1.807) is 0 Å². The predicted molar refractivity (Wildman–Crippen MR) is 65.1 cm³/mol. The molecule has 0 aromatic carbocycles. The van der Waals surface area contributed by atoms with Crippen LogP contribution in [0.3, 0.4) is 0 Å². The lowest BCUT2D eigenvalue weighted by atomic mass is 9.94. The van der Waals surface area contributed by atoms with Crippen molar-refractivity contribution in [1.29, 1.82) is 0 Å². The summed E-state index contributed by atoms with van der Waals surface area (Å²) in [5.41, 5.74) is 5.48. The van der Waals surface area contributed by atoms with Crippen molar-refractivity contribution in [2.24, 2.45) is 11.7 Å². The summed E-state index contributed by atoms with van der Waals surface area (Å²) in [6.07, 6.45) is 1.09. The molecule has 0 heterocycles. The Morgan fingerprint density at radius 3 is 2.33 bits per heavy atom. The molecular formula is C12H24F4N2. The topological polar surface area (TPSA) is 38.0 Å². The van der Waals surface area contributed by atoms with Gasteiger partial charge >= 0.3 is 12.3 Å². The molecule has 0 aromatic rings. The van der Waals surface area contributed by atoms with Crippen LogP contribution in [-0.4, -0.2) is 32.0 Å². The van der Waals surface area contributed by atoms with E-state index in [0.29, 0.717) is 25.4 Å². The van der Waals surface area contributed by atoms with Crippen LogP contribution in [0.2, 0.25) is 0 Å². The van der Waals surface area contributed by atoms with Crippen LogP contribution in [-0.2, 0) is 0 Å². The van der Waals surface area contributed by atoms with Gasteiger partial charge in [-0.15, -0.1) is 0 Å². The van der Waals surface area contributed by atoms with Gasteiger partial charge < -0.3 is 11.1 Å². The number of hydrogen-bond acceptors (Lipinski definition) is 2. The number of halogens is 4. The van der Waals surface area contributed by atoms with E-state index in [4.69, 9.17) is 5.73 Å². The van der Waals surface area contributed by atoms with Gasteiger partial charge in [0.1, 0.15) is 0 Å². The third-order valence-electron chi connectivity index (χ3n) is 2.92.